The van der Waals surface area contributed by atoms with Crippen LogP contribution < -0.4 is 4.74 Å². The predicted octanol–water partition coefficient (Wildman–Crippen LogP) is 3.94. The molecule has 0 aliphatic rings. The second kappa shape index (κ2) is 6.83. The van der Waals surface area contributed by atoms with Crippen molar-refractivity contribution in [3.63, 3.8) is 0 Å². The van der Waals surface area contributed by atoms with Crippen molar-refractivity contribution in [2.24, 2.45) is 5.16 Å². The van der Waals surface area contributed by atoms with Gasteiger partial charge < -0.3 is 9.94 Å². The first-order valence-corrected chi connectivity index (χ1v) is 6.41. The highest BCUT2D eigenvalue weighted by molar-refractivity contribution is 5.83. The van der Waals surface area contributed by atoms with E-state index in [1.54, 1.807) is 19.1 Å². The first-order chi connectivity index (χ1) is 10.1. The fraction of sp³-hybridized carbons (Fsp3) is 0.188. The summed E-state index contributed by atoms with van der Waals surface area (Å²) in [6.45, 7) is 1.81. The lowest BCUT2D eigenvalue weighted by Gasteiger charge is -2.07. The van der Waals surface area contributed by atoms with E-state index in [0.29, 0.717) is 23.4 Å². The topological polar surface area (TPSA) is 41.8 Å². The molecule has 0 heterocycles. The Labute approximate surface area is 121 Å². The molecular formula is C16H15F2NO2. The van der Waals surface area contributed by atoms with Crippen LogP contribution in [-0.2, 0) is 13.0 Å². The molecule has 0 atom stereocenters. The van der Waals surface area contributed by atoms with Gasteiger partial charge >= 0.3 is 0 Å². The van der Waals surface area contributed by atoms with Gasteiger partial charge in [0.1, 0.15) is 24.0 Å². The van der Waals surface area contributed by atoms with Crippen molar-refractivity contribution in [3.05, 3.63) is 65.2 Å². The second-order valence-corrected chi connectivity index (χ2v) is 4.72. The molecule has 0 unspecified atom stereocenters. The molecule has 2 rings (SSSR count). The highest BCUT2D eigenvalue weighted by atomic mass is 19.1. The Morgan fingerprint density at radius 3 is 2.24 bits per heavy atom. The van der Waals surface area contributed by atoms with Gasteiger partial charge in [-0.15, -0.1) is 0 Å². The van der Waals surface area contributed by atoms with E-state index in [9.17, 15) is 8.78 Å². The van der Waals surface area contributed by atoms with E-state index in [4.69, 9.17) is 9.94 Å². The summed E-state index contributed by atoms with van der Waals surface area (Å²) >= 11 is 0. The minimum absolute atomic E-state index is 0.0884. The second-order valence-electron chi connectivity index (χ2n) is 4.72. The maximum Gasteiger partial charge on any atom is 0.126 e. The van der Waals surface area contributed by atoms with Gasteiger partial charge in [-0.2, -0.15) is 0 Å². The summed E-state index contributed by atoms with van der Waals surface area (Å²) in [5.74, 6) is -0.646. The molecule has 1 N–H and O–H groups in total. The van der Waals surface area contributed by atoms with E-state index >= 15 is 0 Å². The van der Waals surface area contributed by atoms with Crippen molar-refractivity contribution in [2.75, 3.05) is 0 Å². The van der Waals surface area contributed by atoms with Crippen LogP contribution in [0.4, 0.5) is 8.78 Å². The van der Waals surface area contributed by atoms with E-state index < -0.39 is 11.6 Å². The Morgan fingerprint density at radius 1 is 1.05 bits per heavy atom. The number of rotatable bonds is 5. The standard InChI is InChI=1S/C16H15F2NO2/c1-11(19-20)6-12-2-4-16(5-3-12)21-10-13-7-14(17)9-15(18)8-13/h2-5,7-9,20H,6,10H2,1H3/b19-11-. The molecule has 3 nitrogen and oxygen atoms in total. The maximum atomic E-state index is 13.0. The molecule has 2 aromatic carbocycles. The van der Waals surface area contributed by atoms with E-state index in [-0.39, 0.29) is 6.61 Å². The molecular weight excluding hydrogens is 276 g/mol. The summed E-state index contributed by atoms with van der Waals surface area (Å²) in [5.41, 5.74) is 2.02. The Bertz CT molecular complexity index is 619. The molecule has 0 aliphatic heterocycles. The molecule has 0 radical (unpaired) electrons. The molecule has 0 saturated carbocycles. The zero-order valence-corrected chi connectivity index (χ0v) is 11.5. The van der Waals surface area contributed by atoms with Crippen LogP contribution in [0.1, 0.15) is 18.1 Å². The van der Waals surface area contributed by atoms with Crippen LogP contribution in [-0.4, -0.2) is 10.9 Å². The zero-order valence-electron chi connectivity index (χ0n) is 11.5. The summed E-state index contributed by atoms with van der Waals surface area (Å²) in [7, 11) is 0. The quantitative estimate of drug-likeness (QED) is 0.515. The third-order valence-electron chi connectivity index (χ3n) is 2.88. The molecule has 21 heavy (non-hydrogen) atoms. The summed E-state index contributed by atoms with van der Waals surface area (Å²) in [5, 5.41) is 11.7. The number of hydrogen-bond acceptors (Lipinski definition) is 3. The Morgan fingerprint density at radius 2 is 1.67 bits per heavy atom. The van der Waals surface area contributed by atoms with E-state index in [1.807, 2.05) is 12.1 Å². The van der Waals surface area contributed by atoms with Gasteiger partial charge in [-0.3, -0.25) is 0 Å². The summed E-state index contributed by atoms with van der Waals surface area (Å²) in [6.07, 6.45) is 0.548. The van der Waals surface area contributed by atoms with Gasteiger partial charge in [-0.1, -0.05) is 17.3 Å². The highest BCUT2D eigenvalue weighted by Crippen LogP contribution is 2.16. The van der Waals surface area contributed by atoms with Crippen LogP contribution in [0.3, 0.4) is 0 Å². The number of nitrogens with zero attached hydrogens (tertiary/aromatic N) is 1. The van der Waals surface area contributed by atoms with Crippen molar-refractivity contribution in [1.82, 2.24) is 0 Å². The van der Waals surface area contributed by atoms with Gasteiger partial charge in [0.15, 0.2) is 0 Å². The summed E-state index contributed by atoms with van der Waals surface area (Å²) in [6, 6.07) is 10.5. The van der Waals surface area contributed by atoms with Crippen molar-refractivity contribution in [1.29, 1.82) is 0 Å². The molecule has 2 aromatic rings. The molecule has 0 bridgehead atoms. The Balaban J connectivity index is 1.97. The lowest BCUT2D eigenvalue weighted by Crippen LogP contribution is -1.99. The predicted molar refractivity (Wildman–Crippen MR) is 75.7 cm³/mol. The average molecular weight is 291 g/mol. The van der Waals surface area contributed by atoms with E-state index in [1.165, 1.54) is 12.1 Å². The van der Waals surface area contributed by atoms with E-state index in [2.05, 4.69) is 5.16 Å². The Hall–Kier alpha value is -2.43. The lowest BCUT2D eigenvalue weighted by atomic mass is 10.1. The van der Waals surface area contributed by atoms with Crippen molar-refractivity contribution < 1.29 is 18.7 Å². The van der Waals surface area contributed by atoms with Gasteiger partial charge in [0.2, 0.25) is 0 Å². The lowest BCUT2D eigenvalue weighted by molar-refractivity contribution is 0.304. The fourth-order valence-electron chi connectivity index (χ4n) is 1.90. The average Bonchev–Trinajstić information content (AvgIpc) is 2.45. The van der Waals surface area contributed by atoms with Crippen LogP contribution in [0.25, 0.3) is 0 Å². The van der Waals surface area contributed by atoms with Crippen LogP contribution in [0.5, 0.6) is 5.75 Å². The van der Waals surface area contributed by atoms with Crippen molar-refractivity contribution in [2.45, 2.75) is 20.0 Å². The normalized spacial score (nSPS) is 11.5. The molecule has 0 saturated heterocycles. The van der Waals surface area contributed by atoms with Crippen LogP contribution in [0.2, 0.25) is 0 Å². The molecule has 0 aromatic heterocycles. The summed E-state index contributed by atoms with van der Waals surface area (Å²) in [4.78, 5) is 0. The SMILES string of the molecule is C/C(Cc1ccc(OCc2cc(F)cc(F)c2)cc1)=N/O. The van der Waals surface area contributed by atoms with Gasteiger partial charge in [-0.25, -0.2) is 8.78 Å². The Kier molecular flexibility index (Phi) is 4.87. The minimum atomic E-state index is -0.622. The van der Waals surface area contributed by atoms with Crippen molar-refractivity contribution >= 4 is 5.71 Å². The third-order valence-corrected chi connectivity index (χ3v) is 2.88. The van der Waals surface area contributed by atoms with Gasteiger partial charge in [0.05, 0.1) is 5.71 Å². The maximum absolute atomic E-state index is 13.0. The van der Waals surface area contributed by atoms with Gasteiger partial charge in [0.25, 0.3) is 0 Å². The smallest absolute Gasteiger partial charge is 0.126 e. The molecule has 0 fully saturated rings. The number of halogens is 2. The minimum Gasteiger partial charge on any atom is -0.489 e. The first kappa shape index (κ1) is 15.0. The molecule has 5 heteroatoms. The molecule has 110 valence electrons. The zero-order chi connectivity index (χ0) is 15.2. The van der Waals surface area contributed by atoms with Crippen molar-refractivity contribution in [3.8, 4) is 5.75 Å². The monoisotopic (exact) mass is 291 g/mol. The number of hydrogen-bond donors (Lipinski definition) is 1. The first-order valence-electron chi connectivity index (χ1n) is 6.41. The van der Waals surface area contributed by atoms with E-state index in [0.717, 1.165) is 11.6 Å². The van der Waals surface area contributed by atoms with Crippen LogP contribution in [0, 0.1) is 11.6 Å². The number of benzene rings is 2. The number of oxime groups is 1. The third kappa shape index (κ3) is 4.56. The highest BCUT2D eigenvalue weighted by Gasteiger charge is 2.02. The molecule has 0 spiro atoms. The molecule has 0 amide bonds. The number of ether oxygens (including phenoxy) is 1. The van der Waals surface area contributed by atoms with Gasteiger partial charge in [0, 0.05) is 12.5 Å². The van der Waals surface area contributed by atoms with Crippen LogP contribution >= 0.6 is 0 Å². The van der Waals surface area contributed by atoms with Gasteiger partial charge in [-0.05, 0) is 42.3 Å². The summed E-state index contributed by atoms with van der Waals surface area (Å²) < 4.78 is 31.5. The molecule has 0 aliphatic carbocycles. The largest absolute Gasteiger partial charge is 0.489 e. The van der Waals surface area contributed by atoms with Crippen LogP contribution in [0.15, 0.2) is 47.6 Å². The fourth-order valence-corrected chi connectivity index (χ4v) is 1.90.